The molecular weight excluding hydrogens is 308 g/mol. The number of thiocarbonyl (C=S) groups is 1. The number of methoxy groups -OCH3 is 1. The first-order valence-corrected chi connectivity index (χ1v) is 7.13. The maximum Gasteiger partial charge on any atom is 0.173 e. The Morgan fingerprint density at radius 1 is 1.33 bits per heavy atom. The van der Waals surface area contributed by atoms with Gasteiger partial charge in [-0.3, -0.25) is 0 Å². The monoisotopic (exact) mass is 322 g/mol. The second kappa shape index (κ2) is 7.75. The topological polar surface area (TPSA) is 59.1 Å². The summed E-state index contributed by atoms with van der Waals surface area (Å²) >= 11 is 11.2. The molecule has 0 fully saturated rings. The maximum absolute atomic E-state index is 5.97. The molecular formula is C14H15ClN4OS. The third-order valence-corrected chi connectivity index (χ3v) is 3.33. The van der Waals surface area contributed by atoms with Crippen molar-refractivity contribution >= 4 is 34.7 Å². The first-order chi connectivity index (χ1) is 10.2. The minimum atomic E-state index is 0.439. The molecule has 0 aliphatic heterocycles. The van der Waals surface area contributed by atoms with E-state index in [4.69, 9.17) is 28.6 Å². The molecule has 0 bridgehead atoms. The predicted molar refractivity (Wildman–Crippen MR) is 88.0 cm³/mol. The Morgan fingerprint density at radius 2 is 2.14 bits per heavy atom. The Morgan fingerprint density at radius 3 is 2.90 bits per heavy atom. The van der Waals surface area contributed by atoms with E-state index in [9.17, 15) is 0 Å². The number of aromatic nitrogens is 2. The molecule has 110 valence electrons. The van der Waals surface area contributed by atoms with Gasteiger partial charge in [-0.25, -0.2) is 0 Å². The molecule has 0 spiro atoms. The Kier molecular flexibility index (Phi) is 5.71. The molecule has 2 aromatic rings. The fourth-order valence-corrected chi connectivity index (χ4v) is 2.11. The van der Waals surface area contributed by atoms with Gasteiger partial charge in [-0.2, -0.15) is 5.10 Å². The van der Waals surface area contributed by atoms with E-state index in [1.807, 2.05) is 24.3 Å². The first-order valence-electron chi connectivity index (χ1n) is 6.34. The van der Waals surface area contributed by atoms with Gasteiger partial charge < -0.3 is 15.4 Å². The normalized spacial score (nSPS) is 10.0. The van der Waals surface area contributed by atoms with E-state index >= 15 is 0 Å². The summed E-state index contributed by atoms with van der Waals surface area (Å²) in [7, 11) is 1.66. The van der Waals surface area contributed by atoms with Gasteiger partial charge in [0.05, 0.1) is 18.3 Å². The zero-order chi connectivity index (χ0) is 15.1. The van der Waals surface area contributed by atoms with Crippen molar-refractivity contribution in [2.24, 2.45) is 0 Å². The molecule has 7 heteroatoms. The number of rotatable bonds is 5. The van der Waals surface area contributed by atoms with Crippen LogP contribution in [0.5, 0.6) is 5.75 Å². The fourth-order valence-electron chi connectivity index (χ4n) is 1.77. The van der Waals surface area contributed by atoms with E-state index < -0.39 is 0 Å². The smallest absolute Gasteiger partial charge is 0.173 e. The van der Waals surface area contributed by atoms with Crippen LogP contribution < -0.4 is 15.4 Å². The van der Waals surface area contributed by atoms with Crippen molar-refractivity contribution in [3.05, 3.63) is 47.1 Å². The predicted octanol–water partition coefficient (Wildman–Crippen LogP) is 2.67. The average Bonchev–Trinajstić information content (AvgIpc) is 2.50. The van der Waals surface area contributed by atoms with Crippen LogP contribution in [0.25, 0.3) is 0 Å². The quantitative estimate of drug-likeness (QED) is 0.825. The van der Waals surface area contributed by atoms with Gasteiger partial charge in [0.15, 0.2) is 10.9 Å². The SMILES string of the molecule is COc1ccccc1CCNC(=S)Nc1nnccc1Cl. The van der Waals surface area contributed by atoms with Gasteiger partial charge in [0.1, 0.15) is 5.75 Å². The van der Waals surface area contributed by atoms with Crippen LogP contribution in [-0.2, 0) is 6.42 Å². The van der Waals surface area contributed by atoms with Crippen LogP contribution in [0.4, 0.5) is 5.82 Å². The molecule has 0 saturated heterocycles. The van der Waals surface area contributed by atoms with Crippen LogP contribution in [-0.4, -0.2) is 29.0 Å². The highest BCUT2D eigenvalue weighted by atomic mass is 35.5. The van der Waals surface area contributed by atoms with E-state index in [0.29, 0.717) is 22.5 Å². The summed E-state index contributed by atoms with van der Waals surface area (Å²) in [6.07, 6.45) is 2.31. The van der Waals surface area contributed by atoms with Gasteiger partial charge in [-0.15, -0.1) is 5.10 Å². The summed E-state index contributed by atoms with van der Waals surface area (Å²) in [4.78, 5) is 0. The van der Waals surface area contributed by atoms with Gasteiger partial charge in [0, 0.05) is 6.54 Å². The summed E-state index contributed by atoms with van der Waals surface area (Å²) in [5, 5.41) is 14.5. The zero-order valence-electron chi connectivity index (χ0n) is 11.5. The minimum absolute atomic E-state index is 0.439. The van der Waals surface area contributed by atoms with E-state index in [-0.39, 0.29) is 0 Å². The lowest BCUT2D eigenvalue weighted by Gasteiger charge is -2.11. The third-order valence-electron chi connectivity index (χ3n) is 2.78. The summed E-state index contributed by atoms with van der Waals surface area (Å²) in [6.45, 7) is 0.671. The van der Waals surface area contributed by atoms with E-state index in [2.05, 4.69) is 20.8 Å². The van der Waals surface area contributed by atoms with Gasteiger partial charge in [-0.1, -0.05) is 29.8 Å². The van der Waals surface area contributed by atoms with Crippen LogP contribution >= 0.6 is 23.8 Å². The van der Waals surface area contributed by atoms with Crippen molar-refractivity contribution in [1.29, 1.82) is 0 Å². The number of benzene rings is 1. The van der Waals surface area contributed by atoms with Gasteiger partial charge >= 0.3 is 0 Å². The molecule has 0 aliphatic rings. The van der Waals surface area contributed by atoms with Crippen LogP contribution in [0.1, 0.15) is 5.56 Å². The second-order valence-corrected chi connectivity index (χ2v) is 4.99. The fraction of sp³-hybridized carbons (Fsp3) is 0.214. The minimum Gasteiger partial charge on any atom is -0.496 e. The molecule has 0 unspecified atom stereocenters. The molecule has 0 amide bonds. The van der Waals surface area contributed by atoms with Crippen molar-refractivity contribution in [1.82, 2.24) is 15.5 Å². The van der Waals surface area contributed by atoms with Gasteiger partial charge in [0.25, 0.3) is 0 Å². The maximum atomic E-state index is 5.97. The summed E-state index contributed by atoms with van der Waals surface area (Å²) in [5.41, 5.74) is 1.12. The number of para-hydroxylation sites is 1. The zero-order valence-corrected chi connectivity index (χ0v) is 13.0. The highest BCUT2D eigenvalue weighted by Crippen LogP contribution is 2.17. The average molecular weight is 323 g/mol. The molecule has 1 aromatic heterocycles. The molecule has 1 heterocycles. The summed E-state index contributed by atoms with van der Waals surface area (Å²) < 4.78 is 5.30. The number of nitrogens with one attached hydrogen (secondary N) is 2. The summed E-state index contributed by atoms with van der Waals surface area (Å²) in [6, 6.07) is 9.53. The number of nitrogens with zero attached hydrogens (tertiary/aromatic N) is 2. The lowest BCUT2D eigenvalue weighted by atomic mass is 10.1. The molecule has 0 aliphatic carbocycles. The number of halogens is 1. The highest BCUT2D eigenvalue weighted by molar-refractivity contribution is 7.80. The lowest BCUT2D eigenvalue weighted by Crippen LogP contribution is -2.30. The Hall–Kier alpha value is -1.92. The second-order valence-electron chi connectivity index (χ2n) is 4.17. The van der Waals surface area contributed by atoms with Crippen LogP contribution in [0.2, 0.25) is 5.02 Å². The molecule has 2 N–H and O–H groups in total. The molecule has 0 radical (unpaired) electrons. The number of ether oxygens (including phenoxy) is 1. The molecule has 21 heavy (non-hydrogen) atoms. The van der Waals surface area contributed by atoms with Gasteiger partial charge in [-0.05, 0) is 36.3 Å². The molecule has 0 saturated carbocycles. The molecule has 2 rings (SSSR count). The van der Waals surface area contributed by atoms with Crippen LogP contribution in [0, 0.1) is 0 Å². The lowest BCUT2D eigenvalue weighted by molar-refractivity contribution is 0.409. The number of hydrogen-bond acceptors (Lipinski definition) is 4. The highest BCUT2D eigenvalue weighted by Gasteiger charge is 2.05. The Balaban J connectivity index is 1.83. The third kappa shape index (κ3) is 4.54. The Labute approximate surface area is 133 Å². The summed E-state index contributed by atoms with van der Waals surface area (Å²) in [5.74, 6) is 1.31. The van der Waals surface area contributed by atoms with Crippen molar-refractivity contribution in [3.8, 4) is 5.75 Å². The van der Waals surface area contributed by atoms with Crippen LogP contribution in [0.15, 0.2) is 36.5 Å². The van der Waals surface area contributed by atoms with Gasteiger partial charge in [0.2, 0.25) is 0 Å². The number of hydrogen-bond donors (Lipinski definition) is 2. The van der Waals surface area contributed by atoms with E-state index in [0.717, 1.165) is 17.7 Å². The number of anilines is 1. The standard InChI is InChI=1S/C14H15ClN4OS/c1-20-12-5-3-2-4-10(12)6-8-16-14(21)18-13-11(15)7-9-17-19-13/h2-5,7,9H,6,8H2,1H3,(H2,16,18,19,21). The molecule has 0 atom stereocenters. The first kappa shape index (κ1) is 15.5. The largest absolute Gasteiger partial charge is 0.496 e. The van der Waals surface area contributed by atoms with Crippen molar-refractivity contribution in [3.63, 3.8) is 0 Å². The molecule has 5 nitrogen and oxygen atoms in total. The van der Waals surface area contributed by atoms with E-state index in [1.54, 1.807) is 13.2 Å². The van der Waals surface area contributed by atoms with Crippen molar-refractivity contribution in [2.45, 2.75) is 6.42 Å². The van der Waals surface area contributed by atoms with Crippen molar-refractivity contribution in [2.75, 3.05) is 19.0 Å². The van der Waals surface area contributed by atoms with E-state index in [1.165, 1.54) is 6.20 Å². The van der Waals surface area contributed by atoms with Crippen molar-refractivity contribution < 1.29 is 4.74 Å². The molecule has 1 aromatic carbocycles. The Bertz CT molecular complexity index is 623. The van der Waals surface area contributed by atoms with Crippen LogP contribution in [0.3, 0.4) is 0 Å².